The lowest BCUT2D eigenvalue weighted by Gasteiger charge is -2.22. The maximum atomic E-state index is 12.1. The fourth-order valence-electron chi connectivity index (χ4n) is 3.21. The molecule has 0 radical (unpaired) electrons. The normalized spacial score (nSPS) is 10.9. The van der Waals surface area contributed by atoms with Gasteiger partial charge in [-0.3, -0.25) is 9.69 Å². The summed E-state index contributed by atoms with van der Waals surface area (Å²) in [6.07, 6.45) is 0.892. The zero-order valence-corrected chi connectivity index (χ0v) is 17.1. The number of benzene rings is 2. The number of nitrogens with one attached hydrogen (secondary N) is 1. The fourth-order valence-corrected chi connectivity index (χ4v) is 3.21. The van der Waals surface area contributed by atoms with Crippen LogP contribution in [0.2, 0.25) is 0 Å². The first kappa shape index (κ1) is 20.7. The summed E-state index contributed by atoms with van der Waals surface area (Å²) in [7, 11) is 1.69. The molecule has 1 heterocycles. The highest BCUT2D eigenvalue weighted by Crippen LogP contribution is 2.22. The van der Waals surface area contributed by atoms with Crippen LogP contribution in [-0.2, 0) is 19.6 Å². The number of amides is 1. The average Bonchev–Trinajstić information content (AvgIpc) is 3.21. The molecule has 3 aromatic rings. The molecule has 5 heteroatoms. The van der Waals surface area contributed by atoms with Crippen LogP contribution in [0.5, 0.6) is 5.75 Å². The number of furan rings is 1. The molecule has 5 nitrogen and oxygen atoms in total. The summed E-state index contributed by atoms with van der Waals surface area (Å²) >= 11 is 0. The Morgan fingerprint density at radius 1 is 0.966 bits per heavy atom. The Bertz CT molecular complexity index is 905. The van der Waals surface area contributed by atoms with Crippen molar-refractivity contribution in [1.29, 1.82) is 0 Å². The van der Waals surface area contributed by atoms with Gasteiger partial charge >= 0.3 is 0 Å². The van der Waals surface area contributed by atoms with Crippen molar-refractivity contribution in [1.82, 2.24) is 10.2 Å². The van der Waals surface area contributed by atoms with E-state index in [0.29, 0.717) is 25.4 Å². The third-order valence-electron chi connectivity index (χ3n) is 4.64. The van der Waals surface area contributed by atoms with E-state index in [9.17, 15) is 4.79 Å². The summed E-state index contributed by atoms with van der Waals surface area (Å²) in [6, 6.07) is 22.0. The molecule has 0 atom stereocenters. The molecule has 3 rings (SSSR count). The van der Waals surface area contributed by atoms with Gasteiger partial charge in [0.1, 0.15) is 11.5 Å². The predicted octanol–water partition coefficient (Wildman–Crippen LogP) is 4.63. The lowest BCUT2D eigenvalue weighted by atomic mass is 10.1. The van der Waals surface area contributed by atoms with Crippen molar-refractivity contribution in [3.05, 3.63) is 89.4 Å². The van der Waals surface area contributed by atoms with Crippen LogP contribution in [0.4, 0.5) is 0 Å². The molecule has 0 aliphatic rings. The number of nitrogens with zero attached hydrogens (tertiary/aromatic N) is 1. The third-order valence-corrected chi connectivity index (χ3v) is 4.64. The molecule has 0 bridgehead atoms. The van der Waals surface area contributed by atoms with Crippen molar-refractivity contribution in [2.24, 2.45) is 0 Å². The second kappa shape index (κ2) is 10.5. The number of rotatable bonds is 10. The van der Waals surface area contributed by atoms with Crippen molar-refractivity contribution >= 4 is 5.91 Å². The molecular formula is C24H28N2O3. The SMILES string of the molecule is CCCNC(=O)c1ccc(CN(Cc2ccccc2)Cc2ccccc2OC)o1. The van der Waals surface area contributed by atoms with E-state index < -0.39 is 0 Å². The van der Waals surface area contributed by atoms with Gasteiger partial charge in [0.15, 0.2) is 5.76 Å². The van der Waals surface area contributed by atoms with E-state index in [1.807, 2.05) is 49.4 Å². The Morgan fingerprint density at radius 3 is 2.48 bits per heavy atom. The number of para-hydroxylation sites is 1. The molecule has 0 fully saturated rings. The van der Waals surface area contributed by atoms with E-state index in [1.54, 1.807) is 13.2 Å². The van der Waals surface area contributed by atoms with Crippen LogP contribution in [-0.4, -0.2) is 24.5 Å². The second-order valence-corrected chi connectivity index (χ2v) is 6.96. The van der Waals surface area contributed by atoms with E-state index in [4.69, 9.17) is 9.15 Å². The van der Waals surface area contributed by atoms with Gasteiger partial charge in [-0.05, 0) is 30.2 Å². The van der Waals surface area contributed by atoms with Gasteiger partial charge in [0.25, 0.3) is 5.91 Å². The van der Waals surface area contributed by atoms with Crippen molar-refractivity contribution in [2.45, 2.75) is 33.0 Å². The highest BCUT2D eigenvalue weighted by molar-refractivity contribution is 5.91. The Kier molecular flexibility index (Phi) is 7.47. The smallest absolute Gasteiger partial charge is 0.286 e. The van der Waals surface area contributed by atoms with Crippen molar-refractivity contribution in [3.63, 3.8) is 0 Å². The Balaban J connectivity index is 1.76. The summed E-state index contributed by atoms with van der Waals surface area (Å²) in [5.41, 5.74) is 2.33. The standard InChI is InChI=1S/C24H28N2O3/c1-3-15-25-24(27)23-14-13-21(29-23)18-26(16-19-9-5-4-6-10-19)17-20-11-7-8-12-22(20)28-2/h4-14H,3,15-18H2,1-2H3,(H,25,27). The van der Waals surface area contributed by atoms with Gasteiger partial charge < -0.3 is 14.5 Å². The van der Waals surface area contributed by atoms with Gasteiger partial charge in [-0.25, -0.2) is 0 Å². The van der Waals surface area contributed by atoms with E-state index in [0.717, 1.165) is 30.0 Å². The van der Waals surface area contributed by atoms with Gasteiger partial charge in [0.2, 0.25) is 0 Å². The summed E-state index contributed by atoms with van der Waals surface area (Å²) < 4.78 is 11.3. The van der Waals surface area contributed by atoms with Crippen LogP contribution in [0.15, 0.2) is 71.1 Å². The predicted molar refractivity (Wildman–Crippen MR) is 114 cm³/mol. The number of hydrogen-bond donors (Lipinski definition) is 1. The van der Waals surface area contributed by atoms with Crippen LogP contribution < -0.4 is 10.1 Å². The average molecular weight is 392 g/mol. The minimum absolute atomic E-state index is 0.169. The largest absolute Gasteiger partial charge is 0.496 e. The summed E-state index contributed by atoms with van der Waals surface area (Å²) in [5.74, 6) is 1.81. The van der Waals surface area contributed by atoms with Crippen LogP contribution in [0.25, 0.3) is 0 Å². The zero-order chi connectivity index (χ0) is 20.5. The minimum atomic E-state index is -0.169. The lowest BCUT2D eigenvalue weighted by molar-refractivity contribution is 0.0921. The molecular weight excluding hydrogens is 364 g/mol. The Labute approximate surface area is 172 Å². The quantitative estimate of drug-likeness (QED) is 0.547. The number of carbonyl (C=O) groups excluding carboxylic acids is 1. The van der Waals surface area contributed by atoms with Gasteiger partial charge in [0.05, 0.1) is 13.7 Å². The lowest BCUT2D eigenvalue weighted by Crippen LogP contribution is -2.24. The first-order valence-electron chi connectivity index (χ1n) is 9.94. The molecule has 1 aromatic heterocycles. The molecule has 1 amide bonds. The van der Waals surface area contributed by atoms with Crippen molar-refractivity contribution in [3.8, 4) is 5.75 Å². The highest BCUT2D eigenvalue weighted by Gasteiger charge is 2.15. The monoisotopic (exact) mass is 392 g/mol. The number of hydrogen-bond acceptors (Lipinski definition) is 4. The maximum absolute atomic E-state index is 12.1. The molecule has 0 aliphatic carbocycles. The second-order valence-electron chi connectivity index (χ2n) is 6.96. The van der Waals surface area contributed by atoms with Gasteiger partial charge in [-0.1, -0.05) is 55.5 Å². The molecule has 29 heavy (non-hydrogen) atoms. The molecule has 1 N–H and O–H groups in total. The van der Waals surface area contributed by atoms with Crippen molar-refractivity contribution < 1.29 is 13.9 Å². The molecule has 0 aliphatic heterocycles. The summed E-state index contributed by atoms with van der Waals surface area (Å²) in [4.78, 5) is 14.4. The van der Waals surface area contributed by atoms with Crippen LogP contribution in [0.3, 0.4) is 0 Å². The van der Waals surface area contributed by atoms with E-state index in [-0.39, 0.29) is 5.91 Å². The molecule has 0 unspecified atom stereocenters. The Hall–Kier alpha value is -3.05. The summed E-state index contributed by atoms with van der Waals surface area (Å²) in [5, 5.41) is 2.85. The number of ether oxygens (including phenoxy) is 1. The van der Waals surface area contributed by atoms with E-state index >= 15 is 0 Å². The molecule has 152 valence electrons. The number of methoxy groups -OCH3 is 1. The topological polar surface area (TPSA) is 54.7 Å². The fraction of sp³-hybridized carbons (Fsp3) is 0.292. The minimum Gasteiger partial charge on any atom is -0.496 e. The first-order valence-corrected chi connectivity index (χ1v) is 9.94. The molecule has 0 spiro atoms. The van der Waals surface area contributed by atoms with Gasteiger partial charge in [-0.2, -0.15) is 0 Å². The molecule has 2 aromatic carbocycles. The van der Waals surface area contributed by atoms with Crippen molar-refractivity contribution in [2.75, 3.05) is 13.7 Å². The number of carbonyl (C=O) groups is 1. The first-order chi connectivity index (χ1) is 14.2. The summed E-state index contributed by atoms with van der Waals surface area (Å²) in [6.45, 7) is 4.72. The Morgan fingerprint density at radius 2 is 1.72 bits per heavy atom. The van der Waals surface area contributed by atoms with Gasteiger partial charge in [-0.15, -0.1) is 0 Å². The van der Waals surface area contributed by atoms with Gasteiger partial charge in [0, 0.05) is 25.2 Å². The van der Waals surface area contributed by atoms with E-state index in [1.165, 1.54) is 5.56 Å². The molecule has 0 saturated heterocycles. The van der Waals surface area contributed by atoms with E-state index in [2.05, 4.69) is 28.4 Å². The highest BCUT2D eigenvalue weighted by atomic mass is 16.5. The third kappa shape index (κ3) is 5.96. The molecule has 0 saturated carbocycles. The van der Waals surface area contributed by atoms with Crippen LogP contribution in [0.1, 0.15) is 40.8 Å². The maximum Gasteiger partial charge on any atom is 0.286 e. The zero-order valence-electron chi connectivity index (χ0n) is 17.1. The van der Waals surface area contributed by atoms with Crippen LogP contribution >= 0.6 is 0 Å². The van der Waals surface area contributed by atoms with Crippen LogP contribution in [0, 0.1) is 0 Å².